The Kier molecular flexibility index (Phi) is 3.65. The number of aryl methyl sites for hydroxylation is 1. The van der Waals surface area contributed by atoms with Crippen LogP contribution < -0.4 is 10.6 Å². The number of carbonyl (C=O) groups excluding carboxylic acids is 2. The van der Waals surface area contributed by atoms with Gasteiger partial charge in [0.25, 0.3) is 0 Å². The summed E-state index contributed by atoms with van der Waals surface area (Å²) in [5.41, 5.74) is 1.17. The highest BCUT2D eigenvalue weighted by molar-refractivity contribution is 9.10. The fourth-order valence-corrected chi connectivity index (χ4v) is 2.15. The molecule has 1 aromatic rings. The van der Waals surface area contributed by atoms with Crippen molar-refractivity contribution >= 4 is 33.4 Å². The number of anilines is 1. The van der Waals surface area contributed by atoms with Gasteiger partial charge in [-0.1, -0.05) is 0 Å². The molecule has 18 heavy (non-hydrogen) atoms. The van der Waals surface area contributed by atoms with E-state index in [2.05, 4.69) is 26.6 Å². The normalized spacial score (nSPS) is 18.6. The number of halogens is 2. The minimum absolute atomic E-state index is 0.118. The summed E-state index contributed by atoms with van der Waals surface area (Å²) < 4.78 is 13.5. The lowest BCUT2D eigenvalue weighted by atomic mass is 10.1. The van der Waals surface area contributed by atoms with E-state index in [1.165, 1.54) is 12.1 Å². The highest BCUT2D eigenvalue weighted by Crippen LogP contribution is 2.24. The van der Waals surface area contributed by atoms with Crippen molar-refractivity contribution in [2.24, 2.45) is 0 Å². The molecule has 6 heteroatoms. The highest BCUT2D eigenvalue weighted by Gasteiger charge is 2.27. The average molecular weight is 315 g/mol. The summed E-state index contributed by atoms with van der Waals surface area (Å²) in [6.07, 6.45) is 0.857. The molecule has 1 aromatic carbocycles. The predicted molar refractivity (Wildman–Crippen MR) is 68.6 cm³/mol. The van der Waals surface area contributed by atoms with Gasteiger partial charge in [-0.2, -0.15) is 0 Å². The molecule has 1 saturated heterocycles. The summed E-state index contributed by atoms with van der Waals surface area (Å²) in [6, 6.07) is 2.35. The number of carbonyl (C=O) groups is 2. The molecule has 1 fully saturated rings. The zero-order chi connectivity index (χ0) is 13.3. The SMILES string of the molecule is Cc1cc(F)c(Br)cc1NC(=O)C1CCC(=O)N1. The molecule has 2 rings (SSSR count). The monoisotopic (exact) mass is 314 g/mol. The van der Waals surface area contributed by atoms with Crippen LogP contribution in [0.5, 0.6) is 0 Å². The van der Waals surface area contributed by atoms with E-state index >= 15 is 0 Å². The molecule has 2 amide bonds. The van der Waals surface area contributed by atoms with Crippen molar-refractivity contribution < 1.29 is 14.0 Å². The van der Waals surface area contributed by atoms with Gasteiger partial charge in [0.15, 0.2) is 0 Å². The van der Waals surface area contributed by atoms with Gasteiger partial charge in [0.2, 0.25) is 11.8 Å². The first-order valence-electron chi connectivity index (χ1n) is 5.53. The van der Waals surface area contributed by atoms with Crippen molar-refractivity contribution in [1.29, 1.82) is 0 Å². The number of hydrogen-bond acceptors (Lipinski definition) is 2. The van der Waals surface area contributed by atoms with E-state index in [1.807, 2.05) is 0 Å². The lowest BCUT2D eigenvalue weighted by Gasteiger charge is -2.13. The third kappa shape index (κ3) is 2.69. The van der Waals surface area contributed by atoms with Gasteiger partial charge in [0, 0.05) is 12.1 Å². The summed E-state index contributed by atoms with van der Waals surface area (Å²) >= 11 is 3.07. The molecule has 0 bridgehead atoms. The molecule has 0 saturated carbocycles. The number of benzene rings is 1. The van der Waals surface area contributed by atoms with Crippen LogP contribution >= 0.6 is 15.9 Å². The van der Waals surface area contributed by atoms with Gasteiger partial charge in [0.05, 0.1) is 4.47 Å². The summed E-state index contributed by atoms with van der Waals surface area (Å²) in [6.45, 7) is 1.71. The molecule has 0 aromatic heterocycles. The van der Waals surface area contributed by atoms with Gasteiger partial charge in [-0.25, -0.2) is 4.39 Å². The molecule has 1 aliphatic rings. The van der Waals surface area contributed by atoms with Gasteiger partial charge in [-0.15, -0.1) is 0 Å². The minimum atomic E-state index is -0.499. The van der Waals surface area contributed by atoms with Crippen LogP contribution in [0.1, 0.15) is 18.4 Å². The number of hydrogen-bond donors (Lipinski definition) is 2. The first-order valence-corrected chi connectivity index (χ1v) is 6.32. The third-order valence-corrected chi connectivity index (χ3v) is 3.44. The molecule has 4 nitrogen and oxygen atoms in total. The van der Waals surface area contributed by atoms with Gasteiger partial charge >= 0.3 is 0 Å². The standard InChI is InChI=1S/C12H12BrFN2O2/c1-6-4-8(14)7(13)5-10(6)16-12(18)9-2-3-11(17)15-9/h4-5,9H,2-3H2,1H3,(H,15,17)(H,16,18). The van der Waals surface area contributed by atoms with E-state index in [4.69, 9.17) is 0 Å². The van der Waals surface area contributed by atoms with Crippen molar-refractivity contribution in [2.75, 3.05) is 5.32 Å². The fraction of sp³-hybridized carbons (Fsp3) is 0.333. The molecule has 96 valence electrons. The molecule has 1 atom stereocenters. The van der Waals surface area contributed by atoms with Crippen molar-refractivity contribution in [2.45, 2.75) is 25.8 Å². The first kappa shape index (κ1) is 13.0. The first-order chi connectivity index (χ1) is 8.47. The van der Waals surface area contributed by atoms with Crippen molar-refractivity contribution in [1.82, 2.24) is 5.32 Å². The number of rotatable bonds is 2. The van der Waals surface area contributed by atoms with E-state index in [0.717, 1.165) is 0 Å². The predicted octanol–water partition coefficient (Wildman–Crippen LogP) is 2.11. The maximum Gasteiger partial charge on any atom is 0.246 e. The Hall–Kier alpha value is -1.43. The zero-order valence-corrected chi connectivity index (χ0v) is 11.3. The van der Waals surface area contributed by atoms with Crippen molar-refractivity contribution in [3.63, 3.8) is 0 Å². The zero-order valence-electron chi connectivity index (χ0n) is 9.72. The van der Waals surface area contributed by atoms with Crippen molar-refractivity contribution in [3.8, 4) is 0 Å². The van der Waals surface area contributed by atoms with E-state index in [1.54, 1.807) is 6.92 Å². The Labute approximate surface area is 112 Å². The molecule has 0 aliphatic carbocycles. The minimum Gasteiger partial charge on any atom is -0.344 e. The third-order valence-electron chi connectivity index (χ3n) is 2.84. The Balaban J connectivity index is 2.12. The van der Waals surface area contributed by atoms with Gasteiger partial charge in [-0.3, -0.25) is 9.59 Å². The quantitative estimate of drug-likeness (QED) is 0.878. The van der Waals surface area contributed by atoms with Crippen LogP contribution in [0.4, 0.5) is 10.1 Å². The second-order valence-corrected chi connectivity index (χ2v) is 5.08. The number of amides is 2. The van der Waals surface area contributed by atoms with Crippen LogP contribution in [0.2, 0.25) is 0 Å². The lowest BCUT2D eigenvalue weighted by Crippen LogP contribution is -2.37. The topological polar surface area (TPSA) is 58.2 Å². The van der Waals surface area contributed by atoms with Crippen LogP contribution in [0.15, 0.2) is 16.6 Å². The summed E-state index contributed by atoms with van der Waals surface area (Å²) in [5.74, 6) is -0.769. The van der Waals surface area contributed by atoms with E-state index in [0.29, 0.717) is 28.6 Å². The van der Waals surface area contributed by atoms with Gasteiger partial charge in [0.1, 0.15) is 11.9 Å². The molecule has 2 N–H and O–H groups in total. The van der Waals surface area contributed by atoms with Gasteiger partial charge < -0.3 is 10.6 Å². The van der Waals surface area contributed by atoms with E-state index in [-0.39, 0.29) is 17.6 Å². The summed E-state index contributed by atoms with van der Waals surface area (Å²) in [4.78, 5) is 22.9. The lowest BCUT2D eigenvalue weighted by molar-refractivity contribution is -0.122. The van der Waals surface area contributed by atoms with Crippen LogP contribution in [0, 0.1) is 12.7 Å². The molecular formula is C12H12BrFN2O2. The smallest absolute Gasteiger partial charge is 0.246 e. The second-order valence-electron chi connectivity index (χ2n) is 4.23. The number of nitrogens with one attached hydrogen (secondary N) is 2. The Morgan fingerprint density at radius 1 is 1.56 bits per heavy atom. The second kappa shape index (κ2) is 5.06. The maximum atomic E-state index is 13.2. The summed E-state index contributed by atoms with van der Waals surface area (Å²) in [5, 5.41) is 5.27. The van der Waals surface area contributed by atoms with Crippen molar-refractivity contribution in [3.05, 3.63) is 28.0 Å². The molecule has 1 aliphatic heterocycles. The van der Waals surface area contributed by atoms with Crippen LogP contribution in [0.3, 0.4) is 0 Å². The van der Waals surface area contributed by atoms with Crippen LogP contribution in [0.25, 0.3) is 0 Å². The van der Waals surface area contributed by atoms with E-state index < -0.39 is 6.04 Å². The molecule has 1 unspecified atom stereocenters. The Bertz CT molecular complexity index is 519. The molecule has 0 radical (unpaired) electrons. The Morgan fingerprint density at radius 2 is 2.28 bits per heavy atom. The highest BCUT2D eigenvalue weighted by atomic mass is 79.9. The maximum absolute atomic E-state index is 13.2. The molecule has 0 spiro atoms. The van der Waals surface area contributed by atoms with Crippen LogP contribution in [-0.4, -0.2) is 17.9 Å². The van der Waals surface area contributed by atoms with Gasteiger partial charge in [-0.05, 0) is 47.0 Å². The summed E-state index contributed by atoms with van der Waals surface area (Å²) in [7, 11) is 0. The molecular weight excluding hydrogens is 303 g/mol. The average Bonchev–Trinajstić information content (AvgIpc) is 2.73. The van der Waals surface area contributed by atoms with E-state index in [9.17, 15) is 14.0 Å². The fourth-order valence-electron chi connectivity index (χ4n) is 1.81. The van der Waals surface area contributed by atoms with Crippen LogP contribution in [-0.2, 0) is 9.59 Å². The largest absolute Gasteiger partial charge is 0.344 e. The molecule has 1 heterocycles. The Morgan fingerprint density at radius 3 is 2.89 bits per heavy atom.